The molecule has 3 rings (SSSR count). The molecule has 1 saturated heterocycles. The zero-order chi connectivity index (χ0) is 22.9. The van der Waals surface area contributed by atoms with E-state index in [2.05, 4.69) is 0 Å². The molecule has 0 aromatic heterocycles. The second kappa shape index (κ2) is 10.8. The Bertz CT molecular complexity index is 1020. The Morgan fingerprint density at radius 2 is 1.62 bits per heavy atom. The number of carbonyl (C=O) groups is 1. The second-order valence-corrected chi connectivity index (χ2v) is 7.13. The standard InChI is InChI=1S/C23H25N5O4/c24-9-12-30-19-8-7-18(21(25)26)15-20(19)31-13-14-32-23(29)17-5-3-16(4-6-17)22(27)28-10-1-2-11-28/h3-8,15,27H,1-2,10-14H2,(H3,25,26). The fourth-order valence-electron chi connectivity index (χ4n) is 3.27. The molecule has 4 N–H and O–H groups in total. The molecule has 0 unspecified atom stereocenters. The van der Waals surface area contributed by atoms with Gasteiger partial charge >= 0.3 is 5.97 Å². The zero-order valence-electron chi connectivity index (χ0n) is 17.6. The number of nitrogen functional groups attached to an aromatic ring is 1. The van der Waals surface area contributed by atoms with Gasteiger partial charge in [-0.25, -0.2) is 4.79 Å². The molecule has 1 aliphatic rings. The van der Waals surface area contributed by atoms with Gasteiger partial charge < -0.3 is 24.8 Å². The van der Waals surface area contributed by atoms with Gasteiger partial charge in [-0.15, -0.1) is 0 Å². The van der Waals surface area contributed by atoms with E-state index < -0.39 is 5.97 Å². The lowest BCUT2D eigenvalue weighted by molar-refractivity contribution is 0.0449. The van der Waals surface area contributed by atoms with E-state index in [0.29, 0.717) is 28.5 Å². The van der Waals surface area contributed by atoms with Gasteiger partial charge in [0.15, 0.2) is 18.1 Å². The highest BCUT2D eigenvalue weighted by atomic mass is 16.6. The minimum absolute atomic E-state index is 0.00777. The summed E-state index contributed by atoms with van der Waals surface area (Å²) < 4.78 is 16.2. The van der Waals surface area contributed by atoms with Crippen LogP contribution in [0.3, 0.4) is 0 Å². The van der Waals surface area contributed by atoms with E-state index in [0.717, 1.165) is 31.5 Å². The molecule has 1 fully saturated rings. The highest BCUT2D eigenvalue weighted by molar-refractivity contribution is 5.98. The molecule has 0 spiro atoms. The van der Waals surface area contributed by atoms with E-state index in [1.54, 1.807) is 36.4 Å². The molecular weight excluding hydrogens is 410 g/mol. The average Bonchev–Trinajstić information content (AvgIpc) is 3.35. The number of esters is 1. The number of carbonyl (C=O) groups excluding carboxylic acids is 1. The van der Waals surface area contributed by atoms with Crippen molar-refractivity contribution >= 4 is 17.6 Å². The Kier molecular flexibility index (Phi) is 7.65. The van der Waals surface area contributed by atoms with Crippen LogP contribution in [0.5, 0.6) is 11.5 Å². The summed E-state index contributed by atoms with van der Waals surface area (Å²) in [5.74, 6) is 0.478. The largest absolute Gasteiger partial charge is 0.486 e. The summed E-state index contributed by atoms with van der Waals surface area (Å²) >= 11 is 0. The smallest absolute Gasteiger partial charge is 0.338 e. The number of nitrogens with one attached hydrogen (secondary N) is 2. The van der Waals surface area contributed by atoms with Crippen LogP contribution in [0.15, 0.2) is 42.5 Å². The average molecular weight is 435 g/mol. The fraction of sp³-hybridized carbons (Fsp3) is 0.304. The molecule has 0 amide bonds. The number of rotatable bonds is 9. The second-order valence-electron chi connectivity index (χ2n) is 7.13. The Morgan fingerprint density at radius 1 is 0.969 bits per heavy atom. The van der Waals surface area contributed by atoms with Crippen LogP contribution in [-0.4, -0.2) is 55.5 Å². The molecule has 0 saturated carbocycles. The van der Waals surface area contributed by atoms with Gasteiger partial charge in [-0.3, -0.25) is 10.8 Å². The summed E-state index contributed by atoms with van der Waals surface area (Å²) in [4.78, 5) is 14.3. The van der Waals surface area contributed by atoms with Crippen LogP contribution in [-0.2, 0) is 4.74 Å². The van der Waals surface area contributed by atoms with Crippen LogP contribution in [0.25, 0.3) is 0 Å². The predicted octanol–water partition coefficient (Wildman–Crippen LogP) is 2.53. The first kappa shape index (κ1) is 22.6. The van der Waals surface area contributed by atoms with Crippen molar-refractivity contribution in [3.8, 4) is 17.6 Å². The molecule has 166 valence electrons. The molecule has 0 atom stereocenters. The minimum atomic E-state index is -0.494. The maximum Gasteiger partial charge on any atom is 0.338 e. The summed E-state index contributed by atoms with van der Waals surface area (Å²) in [6.07, 6.45) is 2.19. The van der Waals surface area contributed by atoms with E-state index in [4.69, 9.17) is 36.0 Å². The monoisotopic (exact) mass is 435 g/mol. The third-order valence-electron chi connectivity index (χ3n) is 4.94. The fourth-order valence-corrected chi connectivity index (χ4v) is 3.27. The zero-order valence-corrected chi connectivity index (χ0v) is 17.6. The molecular formula is C23H25N5O4. The Labute approximate surface area is 186 Å². The van der Waals surface area contributed by atoms with E-state index >= 15 is 0 Å². The first-order chi connectivity index (χ1) is 15.5. The van der Waals surface area contributed by atoms with Gasteiger partial charge in [0.1, 0.15) is 31.0 Å². The quantitative estimate of drug-likeness (QED) is 0.237. The van der Waals surface area contributed by atoms with Crippen molar-refractivity contribution in [1.29, 1.82) is 16.1 Å². The van der Waals surface area contributed by atoms with Crippen LogP contribution in [0.2, 0.25) is 0 Å². The van der Waals surface area contributed by atoms with Gasteiger partial charge in [-0.1, -0.05) is 12.1 Å². The first-order valence-corrected chi connectivity index (χ1v) is 10.2. The topological polar surface area (TPSA) is 146 Å². The van der Waals surface area contributed by atoms with Gasteiger partial charge in [0.2, 0.25) is 0 Å². The van der Waals surface area contributed by atoms with Crippen LogP contribution in [0, 0.1) is 22.1 Å². The molecule has 2 aromatic carbocycles. The van der Waals surface area contributed by atoms with Crippen molar-refractivity contribution in [3.05, 3.63) is 59.2 Å². The lowest BCUT2D eigenvalue weighted by atomic mass is 10.1. The maximum absolute atomic E-state index is 12.3. The van der Waals surface area contributed by atoms with Crippen molar-refractivity contribution in [1.82, 2.24) is 4.90 Å². The number of hydrogen-bond donors (Lipinski definition) is 3. The van der Waals surface area contributed by atoms with Crippen LogP contribution < -0.4 is 15.2 Å². The Hall–Kier alpha value is -4.06. The SMILES string of the molecule is N#CCOc1ccc(C(=N)N)cc1OCCOC(=O)c1ccc(C(=N)N2CCCC2)cc1. The Balaban J connectivity index is 1.52. The van der Waals surface area contributed by atoms with Gasteiger partial charge in [0.05, 0.1) is 5.56 Å². The summed E-state index contributed by atoms with van der Waals surface area (Å²) in [6, 6.07) is 13.4. The molecule has 32 heavy (non-hydrogen) atoms. The molecule has 0 aliphatic carbocycles. The van der Waals surface area contributed by atoms with Crippen molar-refractivity contribution in [2.75, 3.05) is 32.9 Å². The molecule has 0 bridgehead atoms. The molecule has 9 nitrogen and oxygen atoms in total. The maximum atomic E-state index is 12.3. The lowest BCUT2D eigenvalue weighted by Crippen LogP contribution is -2.27. The van der Waals surface area contributed by atoms with E-state index in [-0.39, 0.29) is 25.7 Å². The third-order valence-corrected chi connectivity index (χ3v) is 4.94. The molecule has 9 heteroatoms. The normalized spacial score (nSPS) is 12.7. The van der Waals surface area contributed by atoms with Crippen molar-refractivity contribution in [2.24, 2.45) is 5.73 Å². The van der Waals surface area contributed by atoms with E-state index in [9.17, 15) is 4.79 Å². The van der Waals surface area contributed by atoms with Gasteiger partial charge in [0.25, 0.3) is 0 Å². The minimum Gasteiger partial charge on any atom is -0.486 e. The number of nitrogens with zero attached hydrogens (tertiary/aromatic N) is 2. The number of amidine groups is 2. The summed E-state index contributed by atoms with van der Waals surface area (Å²) in [5.41, 5.74) is 7.11. The van der Waals surface area contributed by atoms with Crippen molar-refractivity contribution in [3.63, 3.8) is 0 Å². The number of hydrogen-bond acceptors (Lipinski definition) is 7. The van der Waals surface area contributed by atoms with Crippen molar-refractivity contribution in [2.45, 2.75) is 12.8 Å². The lowest BCUT2D eigenvalue weighted by Gasteiger charge is -2.18. The summed E-state index contributed by atoms with van der Waals surface area (Å²) in [5, 5.41) is 24.5. The molecule has 2 aromatic rings. The summed E-state index contributed by atoms with van der Waals surface area (Å²) in [6.45, 7) is 1.66. The Morgan fingerprint density at radius 3 is 2.28 bits per heavy atom. The van der Waals surface area contributed by atoms with Crippen LogP contribution in [0.1, 0.15) is 34.3 Å². The molecule has 1 heterocycles. The number of benzene rings is 2. The number of nitriles is 1. The predicted molar refractivity (Wildman–Crippen MR) is 118 cm³/mol. The van der Waals surface area contributed by atoms with Gasteiger partial charge in [0, 0.05) is 24.2 Å². The third kappa shape index (κ3) is 5.76. The van der Waals surface area contributed by atoms with Crippen molar-refractivity contribution < 1.29 is 19.0 Å². The van der Waals surface area contributed by atoms with E-state index in [1.165, 1.54) is 6.07 Å². The highest BCUT2D eigenvalue weighted by Gasteiger charge is 2.17. The number of likely N-dealkylation sites (tertiary alicyclic amines) is 1. The summed E-state index contributed by atoms with van der Waals surface area (Å²) in [7, 11) is 0. The highest BCUT2D eigenvalue weighted by Crippen LogP contribution is 2.28. The number of nitrogens with two attached hydrogens (primary N) is 1. The van der Waals surface area contributed by atoms with Gasteiger partial charge in [-0.2, -0.15) is 5.26 Å². The van der Waals surface area contributed by atoms with Gasteiger partial charge in [-0.05, 0) is 43.2 Å². The first-order valence-electron chi connectivity index (χ1n) is 10.2. The number of ether oxygens (including phenoxy) is 3. The van der Waals surface area contributed by atoms with Crippen LogP contribution in [0.4, 0.5) is 0 Å². The molecule has 0 radical (unpaired) electrons. The molecule has 1 aliphatic heterocycles. The van der Waals surface area contributed by atoms with E-state index in [1.807, 2.05) is 11.0 Å². The van der Waals surface area contributed by atoms with Crippen LogP contribution >= 0.6 is 0 Å².